The van der Waals surface area contributed by atoms with Crippen molar-refractivity contribution in [2.75, 3.05) is 50.6 Å². The summed E-state index contributed by atoms with van der Waals surface area (Å²) in [5.74, 6) is -1.13. The lowest BCUT2D eigenvalue weighted by molar-refractivity contribution is -0.119. The van der Waals surface area contributed by atoms with Crippen LogP contribution in [-0.2, 0) is 44.6 Å². The van der Waals surface area contributed by atoms with Crippen molar-refractivity contribution in [3.63, 3.8) is 0 Å². The monoisotopic (exact) mass is 1150 g/mol. The molecule has 0 spiro atoms. The normalized spacial score (nSPS) is 11.9. The van der Waals surface area contributed by atoms with E-state index >= 15 is 0 Å². The highest BCUT2D eigenvalue weighted by Gasteiger charge is 2.32. The minimum atomic E-state index is -5.15. The standard InChI is InChI=1S/C57H56N12O11S2/c1-67(2)39-22-20-38(21-23-39)66-65-37-18-16-36(17-19-37)54(71)61-29-7-31-69-33-62-48-53(69)63-57(60)64-55(48)79-32-35-13-11-34(12-14-35)15-24-40(70)8-6-30-68(3)56(72)42-10-5-4-9-41(42)47-43-25-27-45(58)51(81(73,74)75)49(43)80-50-44(47)26-28-46(59)52(50)82(76,77)78/h4-5,9-14,16-23,25-28,33,58H,6-8,15,24,29-32,59H2,1-3H3,(H,61,71)(H2,60,63,64)(H,73,74,75)(H,76,77,78). The van der Waals surface area contributed by atoms with Crippen LogP contribution in [0.5, 0.6) is 5.88 Å². The molecule has 9 rings (SSSR count). The van der Waals surface area contributed by atoms with Gasteiger partial charge in [-0.15, -0.1) is 0 Å². The summed E-state index contributed by atoms with van der Waals surface area (Å²) in [6.45, 7) is 1.19. The molecule has 2 amide bonds. The van der Waals surface area contributed by atoms with E-state index in [1.54, 1.807) is 55.8 Å². The van der Waals surface area contributed by atoms with E-state index in [0.717, 1.165) is 28.6 Å². The molecular weight excluding hydrogens is 1090 g/mol. The van der Waals surface area contributed by atoms with E-state index in [9.17, 15) is 40.3 Å². The number of nitrogens with one attached hydrogen (secondary N) is 2. The Morgan fingerprint density at radius 2 is 1.44 bits per heavy atom. The maximum Gasteiger partial charge on any atom is 0.300 e. The molecule has 82 heavy (non-hydrogen) atoms. The lowest BCUT2D eigenvalue weighted by Crippen LogP contribution is -2.28. The van der Waals surface area contributed by atoms with Gasteiger partial charge in [0.25, 0.3) is 32.1 Å². The van der Waals surface area contributed by atoms with Gasteiger partial charge in [-0.1, -0.05) is 42.5 Å². The van der Waals surface area contributed by atoms with Crippen molar-refractivity contribution in [3.05, 3.63) is 155 Å². The number of amides is 2. The van der Waals surface area contributed by atoms with Crippen molar-refractivity contribution in [3.8, 4) is 28.3 Å². The van der Waals surface area contributed by atoms with Crippen LogP contribution in [0.1, 0.15) is 57.5 Å². The topological polar surface area (TPSA) is 345 Å². The third-order valence-electron chi connectivity index (χ3n) is 13.4. The van der Waals surface area contributed by atoms with E-state index in [-0.39, 0.29) is 77.2 Å². The quantitative estimate of drug-likeness (QED) is 0.0122. The van der Waals surface area contributed by atoms with Crippen LogP contribution in [0.4, 0.5) is 28.7 Å². The first kappa shape index (κ1) is 57.3. The number of imidazole rings is 1. The molecule has 0 atom stereocenters. The van der Waals surface area contributed by atoms with E-state index in [1.807, 2.05) is 72.1 Å². The lowest BCUT2D eigenvalue weighted by atomic mass is 9.90. The molecule has 23 nitrogen and oxygen atoms in total. The van der Waals surface area contributed by atoms with Crippen LogP contribution in [0.2, 0.25) is 0 Å². The minimum absolute atomic E-state index is 0.00510. The van der Waals surface area contributed by atoms with Crippen molar-refractivity contribution in [2.24, 2.45) is 10.2 Å². The van der Waals surface area contributed by atoms with Gasteiger partial charge in [-0.2, -0.15) is 37.0 Å². The van der Waals surface area contributed by atoms with Crippen LogP contribution in [-0.4, -0.2) is 102 Å². The Morgan fingerprint density at radius 1 is 0.768 bits per heavy atom. The second-order valence-corrected chi connectivity index (χ2v) is 22.1. The molecule has 0 saturated heterocycles. The number of hydrogen-bond acceptors (Lipinski definition) is 18. The summed E-state index contributed by atoms with van der Waals surface area (Å²) in [6.07, 6.45) is 3.42. The summed E-state index contributed by atoms with van der Waals surface area (Å²) in [5.41, 5.74) is 17.0. The van der Waals surface area contributed by atoms with Gasteiger partial charge in [0.1, 0.15) is 12.4 Å². The number of aryl methyl sites for hydroxylation is 2. The highest BCUT2D eigenvalue weighted by atomic mass is 32.2. The Labute approximate surface area is 470 Å². The second-order valence-electron chi connectivity index (χ2n) is 19.4. The number of hydrogen-bond donors (Lipinski definition) is 6. The number of Topliss-reactive ketones (excluding diaryl/α,β-unsaturated/α-hetero) is 1. The Bertz CT molecular complexity index is 4190. The fraction of sp³-hybridized carbons (Fsp3) is 0.211. The number of nitrogen functional groups attached to an aromatic ring is 2. The maximum absolute atomic E-state index is 14.2. The summed E-state index contributed by atoms with van der Waals surface area (Å²) in [5, 5.41) is 19.1. The van der Waals surface area contributed by atoms with Crippen LogP contribution >= 0.6 is 0 Å². The van der Waals surface area contributed by atoms with Crippen LogP contribution in [0.3, 0.4) is 0 Å². The Balaban J connectivity index is 0.755. The van der Waals surface area contributed by atoms with Crippen LogP contribution in [0.15, 0.2) is 152 Å². The molecule has 0 unspecified atom stereocenters. The van der Waals surface area contributed by atoms with Crippen molar-refractivity contribution < 1.29 is 49.5 Å². The molecule has 0 radical (unpaired) electrons. The summed E-state index contributed by atoms with van der Waals surface area (Å²) in [7, 11) is -4.76. The lowest BCUT2D eigenvalue weighted by Gasteiger charge is -2.22. The zero-order chi connectivity index (χ0) is 58.5. The van der Waals surface area contributed by atoms with Crippen LogP contribution in [0, 0.1) is 5.41 Å². The number of ketones is 1. The van der Waals surface area contributed by atoms with Crippen molar-refractivity contribution in [1.82, 2.24) is 29.7 Å². The molecule has 422 valence electrons. The van der Waals surface area contributed by atoms with Crippen molar-refractivity contribution >= 4 is 88.7 Å². The number of ether oxygens (including phenoxy) is 1. The Hall–Kier alpha value is -9.43. The molecule has 1 aliphatic carbocycles. The highest BCUT2D eigenvalue weighted by Crippen LogP contribution is 2.46. The molecule has 1 aliphatic heterocycles. The fourth-order valence-corrected chi connectivity index (χ4v) is 10.7. The number of rotatable bonds is 22. The van der Waals surface area contributed by atoms with Gasteiger partial charge in [-0.05, 0) is 115 Å². The molecule has 3 heterocycles. The van der Waals surface area contributed by atoms with E-state index in [4.69, 9.17) is 26.0 Å². The van der Waals surface area contributed by atoms with Gasteiger partial charge in [0.15, 0.2) is 32.3 Å². The number of nitrogens with two attached hydrogens (primary N) is 2. The molecule has 0 fully saturated rings. The number of benzene rings is 6. The molecule has 0 bridgehead atoms. The highest BCUT2D eigenvalue weighted by molar-refractivity contribution is 7.86. The Morgan fingerprint density at radius 3 is 2.12 bits per heavy atom. The third-order valence-corrected chi connectivity index (χ3v) is 15.3. The van der Waals surface area contributed by atoms with E-state index in [0.29, 0.717) is 54.8 Å². The molecule has 2 aromatic heterocycles. The number of azo groups is 1. The van der Waals surface area contributed by atoms with Gasteiger partial charge in [-0.25, -0.2) is 4.98 Å². The zero-order valence-electron chi connectivity index (χ0n) is 44.6. The first-order valence-corrected chi connectivity index (χ1v) is 28.5. The van der Waals surface area contributed by atoms with Crippen LogP contribution in [0.25, 0.3) is 44.6 Å². The molecule has 2 aliphatic rings. The molecule has 5 aromatic carbocycles. The van der Waals surface area contributed by atoms with E-state index in [1.165, 1.54) is 29.2 Å². The van der Waals surface area contributed by atoms with Crippen molar-refractivity contribution in [1.29, 1.82) is 5.41 Å². The number of carbonyl (C=O) groups excluding carboxylic acids is 3. The third kappa shape index (κ3) is 12.9. The first-order valence-electron chi connectivity index (χ1n) is 25.6. The number of aromatic nitrogens is 4. The van der Waals surface area contributed by atoms with Crippen molar-refractivity contribution in [2.45, 2.75) is 55.0 Å². The predicted octanol–water partition coefficient (Wildman–Crippen LogP) is 8.42. The van der Waals surface area contributed by atoms with Gasteiger partial charge in [-0.3, -0.25) is 28.9 Å². The van der Waals surface area contributed by atoms with Crippen LogP contribution < -0.4 is 31.8 Å². The Kier molecular flexibility index (Phi) is 16.8. The van der Waals surface area contributed by atoms with Gasteiger partial charge in [0.2, 0.25) is 11.8 Å². The average Bonchev–Trinajstić information content (AvgIpc) is 2.80. The van der Waals surface area contributed by atoms with E-state index < -0.39 is 58.3 Å². The number of nitrogens with zero attached hydrogens (tertiary/aromatic N) is 8. The number of anilines is 3. The fourth-order valence-electron chi connectivity index (χ4n) is 9.23. The summed E-state index contributed by atoms with van der Waals surface area (Å²) in [4.78, 5) is 55.0. The average molecular weight is 1150 g/mol. The summed E-state index contributed by atoms with van der Waals surface area (Å²) >= 11 is 0. The molecule has 8 N–H and O–H groups in total. The largest absolute Gasteiger partial charge is 0.471 e. The molecule has 0 saturated carbocycles. The zero-order valence-corrected chi connectivity index (χ0v) is 46.2. The minimum Gasteiger partial charge on any atom is -0.471 e. The maximum atomic E-state index is 14.2. The number of carbonyl (C=O) groups is 3. The van der Waals surface area contributed by atoms with Gasteiger partial charge in [0, 0.05) is 86.9 Å². The summed E-state index contributed by atoms with van der Waals surface area (Å²) < 4.78 is 84.6. The van der Waals surface area contributed by atoms with Gasteiger partial charge < -0.3 is 40.3 Å². The molecule has 25 heteroatoms. The first-order chi connectivity index (χ1) is 39.1. The molecular formula is C57H56N12O11S2. The predicted molar refractivity (Wildman–Crippen MR) is 307 cm³/mol. The smallest absolute Gasteiger partial charge is 0.300 e. The van der Waals surface area contributed by atoms with Gasteiger partial charge in [0.05, 0.1) is 28.7 Å². The SMILES string of the molecule is CN(CCCC(=O)CCc1ccc(COc2nc(N)nc3c2ncn3CCCNC(=O)c2ccc(N=Nc3ccc(N(C)C)cc3)cc2)cc1)C(=O)c1ccccc1-c1c2ccc(=N)c(S(=O)(=O)O)c-2oc2c(S(=O)(=O)O)c(N)ccc12. The second kappa shape index (κ2) is 24.1. The van der Waals surface area contributed by atoms with Gasteiger partial charge >= 0.3 is 0 Å². The summed E-state index contributed by atoms with van der Waals surface area (Å²) in [6, 6.07) is 33.4. The molecule has 7 aromatic rings. The number of fused-ring (bicyclic) bond motifs is 3. The van der Waals surface area contributed by atoms with E-state index in [2.05, 4.69) is 30.5 Å².